The van der Waals surface area contributed by atoms with Crippen molar-refractivity contribution in [3.05, 3.63) is 11.8 Å². The second-order valence-corrected chi connectivity index (χ2v) is 9.52. The number of amides is 1. The molecule has 8 heteroatoms. The lowest BCUT2D eigenvalue weighted by molar-refractivity contribution is -0.205. The molecule has 0 saturated heterocycles. The highest BCUT2D eigenvalue weighted by atomic mass is 127. The van der Waals surface area contributed by atoms with Crippen LogP contribution < -0.4 is 5.32 Å². The minimum Gasteiger partial charge on any atom is -0.456 e. The lowest BCUT2D eigenvalue weighted by Gasteiger charge is -2.31. The van der Waals surface area contributed by atoms with Crippen LogP contribution in [0.15, 0.2) is 11.8 Å². The van der Waals surface area contributed by atoms with E-state index >= 15 is 0 Å². The minimum atomic E-state index is -1.12. The Morgan fingerprint density at radius 2 is 1.92 bits per heavy atom. The van der Waals surface area contributed by atoms with Crippen LogP contribution in [0.1, 0.15) is 54.4 Å². The first kappa shape index (κ1) is 21.7. The summed E-state index contributed by atoms with van der Waals surface area (Å²) >= 11 is 2.18. The van der Waals surface area contributed by atoms with Gasteiger partial charge in [0.2, 0.25) is 5.79 Å². The van der Waals surface area contributed by atoms with Gasteiger partial charge in [-0.15, -0.1) is 0 Å². The van der Waals surface area contributed by atoms with Gasteiger partial charge in [-0.3, -0.25) is 4.79 Å². The normalized spacial score (nSPS) is 19.0. The number of rotatable bonds is 6. The number of hydrogen-bond acceptors (Lipinski definition) is 6. The Morgan fingerprint density at radius 1 is 1.32 bits per heavy atom. The molecule has 142 valence electrons. The van der Waals surface area contributed by atoms with E-state index in [1.807, 2.05) is 6.92 Å². The van der Waals surface area contributed by atoms with Crippen molar-refractivity contribution < 1.29 is 28.6 Å². The van der Waals surface area contributed by atoms with Crippen molar-refractivity contribution in [1.82, 2.24) is 5.32 Å². The van der Waals surface area contributed by atoms with Gasteiger partial charge in [0, 0.05) is 17.8 Å². The predicted octanol–water partition coefficient (Wildman–Crippen LogP) is 3.25. The van der Waals surface area contributed by atoms with Crippen molar-refractivity contribution in [3.63, 3.8) is 0 Å². The standard InChI is InChI=1S/C17H26INO6/c1-10(18)7-12(19-15(22)25-16(2,3)4)13(20)8-11-9-14(21)24-17(5,6)23-11/h9-10,12H,7-8H2,1-6H3,(H,19,22). The zero-order valence-corrected chi connectivity index (χ0v) is 17.6. The number of allylic oxidation sites excluding steroid dienone is 1. The fourth-order valence-electron chi connectivity index (χ4n) is 2.20. The number of carbonyl (C=O) groups is 3. The SMILES string of the molecule is CC(I)CC(NC(=O)OC(C)(C)C)C(=O)CC1=CC(=O)OC(C)(C)O1. The van der Waals surface area contributed by atoms with E-state index in [0.29, 0.717) is 6.42 Å². The van der Waals surface area contributed by atoms with Crippen LogP contribution in [0.2, 0.25) is 0 Å². The van der Waals surface area contributed by atoms with Crippen LogP contribution in [0.5, 0.6) is 0 Å². The molecular weight excluding hydrogens is 441 g/mol. The average Bonchev–Trinajstić information content (AvgIpc) is 2.31. The lowest BCUT2D eigenvalue weighted by Crippen LogP contribution is -2.45. The highest BCUT2D eigenvalue weighted by molar-refractivity contribution is 14.1. The number of ketones is 1. The molecule has 1 heterocycles. The van der Waals surface area contributed by atoms with Gasteiger partial charge >= 0.3 is 12.1 Å². The number of esters is 1. The van der Waals surface area contributed by atoms with Crippen LogP contribution in [-0.2, 0) is 23.8 Å². The Kier molecular flexibility index (Phi) is 7.28. The quantitative estimate of drug-likeness (QED) is 0.367. The number of carbonyl (C=O) groups excluding carboxylic acids is 3. The maximum absolute atomic E-state index is 12.6. The summed E-state index contributed by atoms with van der Waals surface area (Å²) in [5.41, 5.74) is -0.656. The van der Waals surface area contributed by atoms with E-state index in [4.69, 9.17) is 14.2 Å². The highest BCUT2D eigenvalue weighted by Gasteiger charge is 2.33. The summed E-state index contributed by atoms with van der Waals surface area (Å²) in [4.78, 5) is 36.2. The Morgan fingerprint density at radius 3 is 2.40 bits per heavy atom. The van der Waals surface area contributed by atoms with Gasteiger partial charge in [0.25, 0.3) is 0 Å². The van der Waals surface area contributed by atoms with E-state index in [1.54, 1.807) is 34.6 Å². The molecule has 1 amide bonds. The van der Waals surface area contributed by atoms with Gasteiger partial charge in [-0.25, -0.2) is 9.59 Å². The van der Waals surface area contributed by atoms with Gasteiger partial charge in [0.05, 0.1) is 18.5 Å². The van der Waals surface area contributed by atoms with Crippen LogP contribution in [0.4, 0.5) is 4.79 Å². The summed E-state index contributed by atoms with van der Waals surface area (Å²) in [6.45, 7) is 10.4. The molecule has 0 radical (unpaired) electrons. The Labute approximate surface area is 162 Å². The van der Waals surface area contributed by atoms with Crippen LogP contribution in [0.3, 0.4) is 0 Å². The fourth-order valence-corrected chi connectivity index (χ4v) is 2.71. The van der Waals surface area contributed by atoms with E-state index in [-0.39, 0.29) is 21.9 Å². The summed E-state index contributed by atoms with van der Waals surface area (Å²) in [7, 11) is 0. The third kappa shape index (κ3) is 8.55. The van der Waals surface area contributed by atoms with Crippen LogP contribution in [0.25, 0.3) is 0 Å². The fraction of sp³-hybridized carbons (Fsp3) is 0.706. The molecule has 0 aromatic rings. The van der Waals surface area contributed by atoms with E-state index in [2.05, 4.69) is 27.9 Å². The molecule has 0 aromatic heterocycles. The van der Waals surface area contributed by atoms with Gasteiger partial charge in [-0.05, 0) is 27.2 Å². The average molecular weight is 467 g/mol. The molecule has 2 unspecified atom stereocenters. The minimum absolute atomic E-state index is 0.109. The first-order valence-electron chi connectivity index (χ1n) is 8.06. The number of alkyl halides is 1. The Bertz CT molecular complexity index is 562. The first-order chi connectivity index (χ1) is 11.3. The zero-order chi connectivity index (χ0) is 19.4. The second kappa shape index (κ2) is 8.37. The van der Waals surface area contributed by atoms with E-state index in [0.717, 1.165) is 6.08 Å². The molecule has 0 bridgehead atoms. The predicted molar refractivity (Wildman–Crippen MR) is 100 cm³/mol. The molecule has 0 spiro atoms. The number of ether oxygens (including phenoxy) is 3. The molecule has 1 rings (SSSR count). The summed E-state index contributed by atoms with van der Waals surface area (Å²) in [5.74, 6) is -1.71. The van der Waals surface area contributed by atoms with Crippen LogP contribution in [0, 0.1) is 0 Å². The zero-order valence-electron chi connectivity index (χ0n) is 15.5. The molecule has 0 saturated carbocycles. The number of hydrogen-bond donors (Lipinski definition) is 1. The molecular formula is C17H26INO6. The summed E-state index contributed by atoms with van der Waals surface area (Å²) < 4.78 is 15.9. The summed E-state index contributed by atoms with van der Waals surface area (Å²) in [6.07, 6.45) is 0.838. The molecule has 2 atom stereocenters. The third-order valence-electron chi connectivity index (χ3n) is 2.99. The topological polar surface area (TPSA) is 90.9 Å². The van der Waals surface area contributed by atoms with Crippen molar-refractivity contribution in [2.45, 2.75) is 75.7 Å². The third-order valence-corrected chi connectivity index (χ3v) is 3.50. The molecule has 0 fully saturated rings. The lowest BCUT2D eigenvalue weighted by atomic mass is 10.0. The number of nitrogens with one attached hydrogen (secondary N) is 1. The van der Waals surface area contributed by atoms with Crippen molar-refractivity contribution in [2.24, 2.45) is 0 Å². The van der Waals surface area contributed by atoms with Crippen LogP contribution >= 0.6 is 22.6 Å². The van der Waals surface area contributed by atoms with E-state index in [1.165, 1.54) is 0 Å². The Balaban J connectivity index is 2.80. The molecule has 25 heavy (non-hydrogen) atoms. The number of alkyl carbamates (subject to hydrolysis) is 1. The van der Waals surface area contributed by atoms with E-state index < -0.39 is 29.5 Å². The highest BCUT2D eigenvalue weighted by Crippen LogP contribution is 2.25. The summed E-state index contributed by atoms with van der Waals surface area (Å²) in [5, 5.41) is 2.61. The van der Waals surface area contributed by atoms with Crippen molar-refractivity contribution in [3.8, 4) is 0 Å². The molecule has 1 aliphatic heterocycles. The van der Waals surface area contributed by atoms with Gasteiger partial charge in [-0.1, -0.05) is 29.5 Å². The van der Waals surface area contributed by atoms with Gasteiger partial charge in [-0.2, -0.15) is 0 Å². The maximum atomic E-state index is 12.6. The van der Waals surface area contributed by atoms with Crippen LogP contribution in [-0.4, -0.2) is 39.2 Å². The van der Waals surface area contributed by atoms with E-state index in [9.17, 15) is 14.4 Å². The van der Waals surface area contributed by atoms with Crippen molar-refractivity contribution in [1.29, 1.82) is 0 Å². The number of cyclic esters (lactones) is 1. The van der Waals surface area contributed by atoms with Gasteiger partial charge < -0.3 is 19.5 Å². The van der Waals surface area contributed by atoms with Gasteiger partial charge in [0.1, 0.15) is 11.4 Å². The van der Waals surface area contributed by atoms with Crippen molar-refractivity contribution in [2.75, 3.05) is 0 Å². The van der Waals surface area contributed by atoms with Gasteiger partial charge in [0.15, 0.2) is 5.78 Å². The Hall–Kier alpha value is -1.32. The second-order valence-electron chi connectivity index (χ2n) is 7.39. The largest absolute Gasteiger partial charge is 0.456 e. The monoisotopic (exact) mass is 467 g/mol. The first-order valence-corrected chi connectivity index (χ1v) is 9.31. The molecule has 1 aliphatic rings. The van der Waals surface area contributed by atoms with Crippen molar-refractivity contribution >= 4 is 40.4 Å². The molecule has 7 nitrogen and oxygen atoms in total. The molecule has 0 aliphatic carbocycles. The maximum Gasteiger partial charge on any atom is 0.408 e. The molecule has 0 aromatic carbocycles. The molecule has 1 N–H and O–H groups in total. The summed E-state index contributed by atoms with van der Waals surface area (Å²) in [6, 6.07) is -0.729. The smallest absolute Gasteiger partial charge is 0.408 e. The number of halogens is 1. The number of Topliss-reactive ketones (excluding diaryl/α,β-unsaturated/α-hetero) is 1.